The van der Waals surface area contributed by atoms with Gasteiger partial charge in [-0.2, -0.15) is 13.2 Å². The first-order valence-electron chi connectivity index (χ1n) is 7.68. The summed E-state index contributed by atoms with van der Waals surface area (Å²) >= 11 is 0. The van der Waals surface area contributed by atoms with Crippen LogP contribution in [0.1, 0.15) is 27.7 Å². The molecule has 2 aliphatic rings. The van der Waals surface area contributed by atoms with Gasteiger partial charge in [-0.25, -0.2) is 0 Å². The predicted octanol–water partition coefficient (Wildman–Crippen LogP) is 3.61. The van der Waals surface area contributed by atoms with Crippen LogP contribution in [0.15, 0.2) is 47.8 Å². The summed E-state index contributed by atoms with van der Waals surface area (Å²) in [6.45, 7) is 6.98. The monoisotopic (exact) mass is 342 g/mol. The van der Waals surface area contributed by atoms with Crippen LogP contribution in [0.2, 0.25) is 0 Å². The van der Waals surface area contributed by atoms with E-state index in [9.17, 15) is 13.2 Å². The lowest BCUT2D eigenvalue weighted by Gasteiger charge is -2.32. The second-order valence-electron chi connectivity index (χ2n) is 6.62. The molecule has 2 N–H and O–H groups in total. The molecular formula is C16H22BF3N2O2. The van der Waals surface area contributed by atoms with Gasteiger partial charge in [0.25, 0.3) is 0 Å². The lowest BCUT2D eigenvalue weighted by atomic mass is 9.74. The molecule has 1 fully saturated rings. The normalized spacial score (nSPS) is 22.0. The van der Waals surface area contributed by atoms with Gasteiger partial charge < -0.3 is 19.6 Å². The van der Waals surface area contributed by atoms with Crippen molar-refractivity contribution in [1.29, 1.82) is 0 Å². The van der Waals surface area contributed by atoms with E-state index in [-0.39, 0.29) is 12.0 Å². The number of hydrogen-bond acceptors (Lipinski definition) is 3. The summed E-state index contributed by atoms with van der Waals surface area (Å²) in [6.07, 6.45) is 2.21. The maximum absolute atomic E-state index is 13.0. The average Bonchev–Trinajstić information content (AvgIpc) is 3.09. The summed E-state index contributed by atoms with van der Waals surface area (Å²) in [7, 11) is -0.986. The molecule has 0 amide bonds. The molecule has 1 saturated heterocycles. The van der Waals surface area contributed by atoms with Gasteiger partial charge in [-0.05, 0) is 57.6 Å². The smallest absolute Gasteiger partial charge is 0.399 e. The van der Waals surface area contributed by atoms with E-state index in [0.717, 1.165) is 0 Å². The fourth-order valence-electron chi connectivity index (χ4n) is 2.24. The highest BCUT2D eigenvalue weighted by atomic mass is 19.4. The third-order valence-corrected chi connectivity index (χ3v) is 4.35. The van der Waals surface area contributed by atoms with Crippen LogP contribution < -0.4 is 5.32 Å². The van der Waals surface area contributed by atoms with E-state index in [4.69, 9.17) is 9.31 Å². The average molecular weight is 342 g/mol. The lowest BCUT2D eigenvalue weighted by Crippen LogP contribution is -2.41. The molecular weight excluding hydrogens is 320 g/mol. The van der Waals surface area contributed by atoms with Crippen molar-refractivity contribution in [1.82, 2.24) is 10.3 Å². The van der Waals surface area contributed by atoms with Crippen LogP contribution in [0.4, 0.5) is 13.2 Å². The standard InChI is InChI=1S/C12H17BF3NO2.C4H5N/c1-10(2)11(3,4)19-13(18-10)9-5-6-17-7-8(9)12(14,15)16;1-2-4-5-3-1/h5-6,17H,7H2,1-4H3;1-5H. The van der Waals surface area contributed by atoms with Crippen molar-refractivity contribution in [2.45, 2.75) is 45.1 Å². The predicted molar refractivity (Wildman–Crippen MR) is 87.1 cm³/mol. The molecule has 0 radical (unpaired) electrons. The van der Waals surface area contributed by atoms with Crippen LogP contribution in [0, 0.1) is 0 Å². The van der Waals surface area contributed by atoms with E-state index in [1.807, 2.05) is 52.2 Å². The fourth-order valence-corrected chi connectivity index (χ4v) is 2.24. The maximum atomic E-state index is 13.0. The molecule has 1 aromatic heterocycles. The Morgan fingerprint density at radius 3 is 2.00 bits per heavy atom. The van der Waals surface area contributed by atoms with Crippen molar-refractivity contribution >= 4 is 7.12 Å². The van der Waals surface area contributed by atoms with Gasteiger partial charge in [-0.3, -0.25) is 0 Å². The second-order valence-corrected chi connectivity index (χ2v) is 6.62. The van der Waals surface area contributed by atoms with Crippen molar-refractivity contribution in [2.75, 3.05) is 6.54 Å². The van der Waals surface area contributed by atoms with Gasteiger partial charge in [0.1, 0.15) is 0 Å². The maximum Gasteiger partial charge on any atom is 0.495 e. The molecule has 8 heteroatoms. The van der Waals surface area contributed by atoms with Gasteiger partial charge >= 0.3 is 13.3 Å². The number of dihydropyridines is 1. The Labute approximate surface area is 140 Å². The number of aromatic nitrogens is 1. The van der Waals surface area contributed by atoms with E-state index in [1.54, 1.807) is 0 Å². The van der Waals surface area contributed by atoms with Crippen molar-refractivity contribution in [3.8, 4) is 0 Å². The Morgan fingerprint density at radius 1 is 1.04 bits per heavy atom. The zero-order valence-corrected chi connectivity index (χ0v) is 14.2. The molecule has 0 atom stereocenters. The van der Waals surface area contributed by atoms with Crippen molar-refractivity contribution < 1.29 is 22.5 Å². The first-order chi connectivity index (χ1) is 11.0. The molecule has 0 saturated carbocycles. The van der Waals surface area contributed by atoms with E-state index >= 15 is 0 Å². The number of hydrogen-bond donors (Lipinski definition) is 2. The molecule has 0 bridgehead atoms. The van der Waals surface area contributed by atoms with Gasteiger partial charge in [0.2, 0.25) is 0 Å². The van der Waals surface area contributed by atoms with Crippen LogP contribution in [-0.4, -0.2) is 36.0 Å². The molecule has 1 aromatic rings. The molecule has 3 rings (SSSR count). The second kappa shape index (κ2) is 6.68. The Bertz CT molecular complexity index is 574. The van der Waals surface area contributed by atoms with Gasteiger partial charge in [-0.1, -0.05) is 0 Å². The molecule has 3 heterocycles. The summed E-state index contributed by atoms with van der Waals surface area (Å²) < 4.78 is 50.3. The lowest BCUT2D eigenvalue weighted by molar-refractivity contribution is -0.0933. The first-order valence-corrected chi connectivity index (χ1v) is 7.68. The topological polar surface area (TPSA) is 46.3 Å². The van der Waals surface area contributed by atoms with Gasteiger partial charge in [0.05, 0.1) is 16.8 Å². The number of aromatic amines is 1. The summed E-state index contributed by atoms with van der Waals surface area (Å²) in [4.78, 5) is 2.86. The molecule has 0 unspecified atom stereocenters. The molecule has 0 aliphatic carbocycles. The highest BCUT2D eigenvalue weighted by molar-refractivity contribution is 6.56. The molecule has 0 aromatic carbocycles. The van der Waals surface area contributed by atoms with Crippen LogP contribution >= 0.6 is 0 Å². The highest BCUT2D eigenvalue weighted by Crippen LogP contribution is 2.41. The fraction of sp³-hybridized carbons (Fsp3) is 0.500. The van der Waals surface area contributed by atoms with E-state index < -0.39 is 30.1 Å². The number of H-pyrrole nitrogens is 1. The van der Waals surface area contributed by atoms with Gasteiger partial charge in [-0.15, -0.1) is 0 Å². The Balaban J connectivity index is 0.000000355. The number of nitrogens with one attached hydrogen (secondary N) is 2. The highest BCUT2D eigenvalue weighted by Gasteiger charge is 2.54. The van der Waals surface area contributed by atoms with Crippen LogP contribution in [0.5, 0.6) is 0 Å². The summed E-state index contributed by atoms with van der Waals surface area (Å²) in [6, 6.07) is 3.89. The molecule has 2 aliphatic heterocycles. The zero-order chi connectivity index (χ0) is 18.0. The van der Waals surface area contributed by atoms with Crippen LogP contribution in [-0.2, 0) is 9.31 Å². The number of rotatable bonds is 1. The molecule has 24 heavy (non-hydrogen) atoms. The summed E-state index contributed by atoms with van der Waals surface area (Å²) in [5.41, 5.74) is -1.90. The zero-order valence-electron chi connectivity index (χ0n) is 14.2. The quantitative estimate of drug-likeness (QED) is 0.767. The summed E-state index contributed by atoms with van der Waals surface area (Å²) in [5, 5.41) is 2.57. The van der Waals surface area contributed by atoms with Crippen molar-refractivity contribution in [3.63, 3.8) is 0 Å². The van der Waals surface area contributed by atoms with Crippen molar-refractivity contribution in [3.05, 3.63) is 47.8 Å². The van der Waals surface area contributed by atoms with Crippen molar-refractivity contribution in [2.24, 2.45) is 0 Å². The minimum Gasteiger partial charge on any atom is -0.399 e. The minimum atomic E-state index is -4.39. The number of halogens is 3. The largest absolute Gasteiger partial charge is 0.495 e. The molecule has 0 spiro atoms. The van der Waals surface area contributed by atoms with Gasteiger partial charge in [0, 0.05) is 18.9 Å². The minimum absolute atomic E-state index is 0.0462. The van der Waals surface area contributed by atoms with E-state index in [2.05, 4.69) is 10.3 Å². The molecule has 4 nitrogen and oxygen atoms in total. The Morgan fingerprint density at radius 2 is 1.58 bits per heavy atom. The summed E-state index contributed by atoms with van der Waals surface area (Å²) in [5.74, 6) is 0. The SMILES string of the molecule is CC1(C)OB(C2=C(C(F)(F)F)CNC=C2)OC1(C)C.c1cc[nH]c1. The molecule has 132 valence electrons. The first kappa shape index (κ1) is 18.7. The van der Waals surface area contributed by atoms with E-state index in [0.29, 0.717) is 0 Å². The van der Waals surface area contributed by atoms with Crippen LogP contribution in [0.25, 0.3) is 0 Å². The number of alkyl halides is 3. The van der Waals surface area contributed by atoms with Gasteiger partial charge in [0.15, 0.2) is 0 Å². The number of allylic oxidation sites excluding steroid dienone is 2. The Hall–Kier alpha value is -1.67. The van der Waals surface area contributed by atoms with E-state index in [1.165, 1.54) is 12.3 Å². The Kier molecular flexibility index (Phi) is 5.20. The third kappa shape index (κ3) is 4.05. The van der Waals surface area contributed by atoms with Crippen LogP contribution in [0.3, 0.4) is 0 Å². The third-order valence-electron chi connectivity index (χ3n) is 4.35.